The van der Waals surface area contributed by atoms with Crippen molar-refractivity contribution >= 4 is 17.5 Å². The molecule has 3 heterocycles. The number of nitrogens with zero attached hydrogens (tertiary/aromatic N) is 1. The molecule has 0 saturated carbocycles. The van der Waals surface area contributed by atoms with E-state index in [1.807, 2.05) is 0 Å². The van der Waals surface area contributed by atoms with Gasteiger partial charge in [0.15, 0.2) is 0 Å². The molecule has 128 valence electrons. The molecule has 3 atom stereocenters. The summed E-state index contributed by atoms with van der Waals surface area (Å²) >= 11 is 0. The van der Waals surface area contributed by atoms with Crippen LogP contribution in [0.15, 0.2) is 18.2 Å². The number of hydrogen-bond donors (Lipinski definition) is 2. The molecular weight excluding hydrogens is 302 g/mol. The van der Waals surface area contributed by atoms with Crippen molar-refractivity contribution in [3.8, 4) is 0 Å². The van der Waals surface area contributed by atoms with E-state index in [9.17, 15) is 9.59 Å². The van der Waals surface area contributed by atoms with Gasteiger partial charge in [-0.1, -0.05) is 12.1 Å². The van der Waals surface area contributed by atoms with Crippen LogP contribution in [0.5, 0.6) is 0 Å². The van der Waals surface area contributed by atoms with Crippen molar-refractivity contribution in [3.05, 3.63) is 29.3 Å². The molecule has 0 unspecified atom stereocenters. The van der Waals surface area contributed by atoms with Crippen LogP contribution in [-0.2, 0) is 16.0 Å². The third kappa shape index (κ3) is 2.71. The molecular formula is C19H25N3O2. The molecule has 5 nitrogen and oxygen atoms in total. The maximum atomic E-state index is 12.3. The summed E-state index contributed by atoms with van der Waals surface area (Å²) < 4.78 is 0. The number of hydrogen-bond acceptors (Lipinski definition) is 4. The van der Waals surface area contributed by atoms with Crippen molar-refractivity contribution in [1.82, 2.24) is 10.6 Å². The Labute approximate surface area is 142 Å². The monoisotopic (exact) mass is 327 g/mol. The molecule has 1 aromatic carbocycles. The number of rotatable bonds is 2. The topological polar surface area (TPSA) is 61.4 Å². The molecule has 0 aliphatic carbocycles. The van der Waals surface area contributed by atoms with Crippen LogP contribution >= 0.6 is 0 Å². The van der Waals surface area contributed by atoms with Crippen LogP contribution in [0.4, 0.5) is 5.69 Å². The predicted octanol–water partition coefficient (Wildman–Crippen LogP) is 1.71. The maximum Gasteiger partial charge on any atom is 0.234 e. The summed E-state index contributed by atoms with van der Waals surface area (Å²) in [7, 11) is 0. The lowest BCUT2D eigenvalue weighted by Gasteiger charge is -2.36. The van der Waals surface area contributed by atoms with Crippen LogP contribution in [0, 0.1) is 0 Å². The molecule has 1 aromatic rings. The van der Waals surface area contributed by atoms with Gasteiger partial charge in [0.25, 0.3) is 0 Å². The SMILES string of the molecule is C[C@H]1C[C@H](N2CCc3c([C@H]4CCC(=O)NC4=O)cccc32)CCN1. The number of anilines is 1. The Kier molecular flexibility index (Phi) is 4.04. The minimum atomic E-state index is -0.176. The normalized spacial score (nSPS) is 30.2. The van der Waals surface area contributed by atoms with Gasteiger partial charge in [-0.25, -0.2) is 0 Å². The van der Waals surface area contributed by atoms with Gasteiger partial charge in [-0.05, 0) is 56.3 Å². The first-order chi connectivity index (χ1) is 11.6. The molecule has 2 N–H and O–H groups in total. The van der Waals surface area contributed by atoms with Crippen molar-refractivity contribution in [2.45, 2.75) is 57.0 Å². The number of benzene rings is 1. The third-order valence-corrected chi connectivity index (χ3v) is 5.75. The smallest absolute Gasteiger partial charge is 0.234 e. The van der Waals surface area contributed by atoms with E-state index in [4.69, 9.17) is 0 Å². The minimum absolute atomic E-state index is 0.131. The van der Waals surface area contributed by atoms with Crippen molar-refractivity contribution in [2.75, 3.05) is 18.0 Å². The highest BCUT2D eigenvalue weighted by atomic mass is 16.2. The van der Waals surface area contributed by atoms with Crippen LogP contribution in [-0.4, -0.2) is 37.0 Å². The highest BCUT2D eigenvalue weighted by molar-refractivity contribution is 6.01. The van der Waals surface area contributed by atoms with Gasteiger partial charge >= 0.3 is 0 Å². The number of carbonyl (C=O) groups excluding carboxylic acids is 2. The van der Waals surface area contributed by atoms with Crippen LogP contribution in [0.1, 0.15) is 49.7 Å². The Morgan fingerprint density at radius 3 is 2.83 bits per heavy atom. The fraction of sp³-hybridized carbons (Fsp3) is 0.579. The maximum absolute atomic E-state index is 12.3. The Balaban J connectivity index is 1.62. The zero-order valence-corrected chi connectivity index (χ0v) is 14.2. The quantitative estimate of drug-likeness (QED) is 0.812. The van der Waals surface area contributed by atoms with Gasteiger partial charge in [0.2, 0.25) is 11.8 Å². The summed E-state index contributed by atoms with van der Waals surface area (Å²) in [6.07, 6.45) is 4.41. The van der Waals surface area contributed by atoms with E-state index in [0.29, 0.717) is 24.9 Å². The Hall–Kier alpha value is -1.88. The van der Waals surface area contributed by atoms with Gasteiger partial charge in [-0.3, -0.25) is 14.9 Å². The summed E-state index contributed by atoms with van der Waals surface area (Å²) in [6.45, 7) is 4.37. The summed E-state index contributed by atoms with van der Waals surface area (Å²) in [5.41, 5.74) is 3.75. The van der Waals surface area contributed by atoms with Crippen LogP contribution < -0.4 is 15.5 Å². The van der Waals surface area contributed by atoms with E-state index in [2.05, 4.69) is 40.7 Å². The van der Waals surface area contributed by atoms with Crippen LogP contribution in [0.25, 0.3) is 0 Å². The highest BCUT2D eigenvalue weighted by Gasteiger charge is 2.34. The second-order valence-corrected chi connectivity index (χ2v) is 7.33. The molecule has 2 saturated heterocycles. The molecule has 0 bridgehead atoms. The lowest BCUT2D eigenvalue weighted by molar-refractivity contribution is -0.134. The first-order valence-corrected chi connectivity index (χ1v) is 9.09. The van der Waals surface area contributed by atoms with Gasteiger partial charge in [0.05, 0.1) is 5.92 Å². The third-order valence-electron chi connectivity index (χ3n) is 5.75. The van der Waals surface area contributed by atoms with Crippen molar-refractivity contribution in [3.63, 3.8) is 0 Å². The Morgan fingerprint density at radius 2 is 2.04 bits per heavy atom. The Bertz CT molecular complexity index is 673. The van der Waals surface area contributed by atoms with E-state index >= 15 is 0 Å². The standard InChI is InChI=1S/C19H25N3O2/c1-12-11-13(7-9-20-12)22-10-8-15-14(3-2-4-17(15)22)16-5-6-18(23)21-19(16)24/h2-4,12-13,16,20H,5-11H2,1H3,(H,21,23,24)/t12-,13+,16+/m0/s1. The van der Waals surface area contributed by atoms with Gasteiger partial charge < -0.3 is 10.2 Å². The summed E-state index contributed by atoms with van der Waals surface area (Å²) in [4.78, 5) is 26.2. The van der Waals surface area contributed by atoms with Gasteiger partial charge in [-0.15, -0.1) is 0 Å². The Morgan fingerprint density at radius 1 is 1.17 bits per heavy atom. The van der Waals surface area contributed by atoms with E-state index < -0.39 is 0 Å². The van der Waals surface area contributed by atoms with E-state index in [0.717, 1.165) is 25.1 Å². The molecule has 24 heavy (non-hydrogen) atoms. The molecule has 5 heteroatoms. The lowest BCUT2D eigenvalue weighted by Crippen LogP contribution is -2.46. The lowest BCUT2D eigenvalue weighted by atomic mass is 9.86. The van der Waals surface area contributed by atoms with E-state index in [1.54, 1.807) is 0 Å². The summed E-state index contributed by atoms with van der Waals surface area (Å²) in [6, 6.07) is 7.49. The minimum Gasteiger partial charge on any atom is -0.368 e. The van der Waals surface area contributed by atoms with Gasteiger partial charge in [0, 0.05) is 30.7 Å². The number of fused-ring (bicyclic) bond motifs is 1. The molecule has 0 radical (unpaired) electrons. The highest BCUT2D eigenvalue weighted by Crippen LogP contribution is 2.38. The molecule has 4 rings (SSSR count). The van der Waals surface area contributed by atoms with Gasteiger partial charge in [-0.2, -0.15) is 0 Å². The molecule has 0 spiro atoms. The molecule has 2 amide bonds. The second-order valence-electron chi connectivity index (χ2n) is 7.33. The van der Waals surface area contributed by atoms with Crippen LogP contribution in [0.3, 0.4) is 0 Å². The predicted molar refractivity (Wildman–Crippen MR) is 93.1 cm³/mol. The first kappa shape index (κ1) is 15.6. The number of carbonyl (C=O) groups is 2. The molecule has 3 aliphatic heterocycles. The van der Waals surface area contributed by atoms with Crippen LogP contribution in [0.2, 0.25) is 0 Å². The zero-order valence-electron chi connectivity index (χ0n) is 14.2. The number of imide groups is 1. The summed E-state index contributed by atoms with van der Waals surface area (Å²) in [5.74, 6) is -0.452. The second kappa shape index (κ2) is 6.20. The van der Waals surface area contributed by atoms with Crippen molar-refractivity contribution < 1.29 is 9.59 Å². The average molecular weight is 327 g/mol. The van der Waals surface area contributed by atoms with Gasteiger partial charge in [0.1, 0.15) is 0 Å². The van der Waals surface area contributed by atoms with E-state index in [1.165, 1.54) is 24.1 Å². The molecule has 3 aliphatic rings. The van der Waals surface area contributed by atoms with Crippen molar-refractivity contribution in [2.24, 2.45) is 0 Å². The van der Waals surface area contributed by atoms with E-state index in [-0.39, 0.29) is 17.7 Å². The fourth-order valence-electron chi connectivity index (χ4n) is 4.57. The van der Waals surface area contributed by atoms with Crippen molar-refractivity contribution in [1.29, 1.82) is 0 Å². The fourth-order valence-corrected chi connectivity index (χ4v) is 4.57. The number of amides is 2. The summed E-state index contributed by atoms with van der Waals surface area (Å²) in [5, 5.41) is 6.02. The number of piperidine rings is 2. The number of nitrogens with one attached hydrogen (secondary N) is 2. The first-order valence-electron chi connectivity index (χ1n) is 9.09. The molecule has 0 aromatic heterocycles. The average Bonchev–Trinajstić information content (AvgIpc) is 2.99. The largest absolute Gasteiger partial charge is 0.368 e. The zero-order chi connectivity index (χ0) is 16.7. The molecule has 2 fully saturated rings.